The summed E-state index contributed by atoms with van der Waals surface area (Å²) in [6.07, 6.45) is -6.12. The van der Waals surface area contributed by atoms with Crippen LogP contribution in [0.25, 0.3) is 0 Å². The van der Waals surface area contributed by atoms with Crippen molar-refractivity contribution in [3.05, 3.63) is 52.4 Å². The Balaban J connectivity index is 1.51. The van der Waals surface area contributed by atoms with Crippen LogP contribution in [0.15, 0.2) is 12.1 Å². The van der Waals surface area contributed by atoms with E-state index >= 15 is 0 Å². The van der Waals surface area contributed by atoms with E-state index in [1.807, 2.05) is 0 Å². The highest BCUT2D eigenvalue weighted by Crippen LogP contribution is 2.33. The molecule has 1 aliphatic heterocycles. The molecule has 1 fully saturated rings. The van der Waals surface area contributed by atoms with Gasteiger partial charge in [0.15, 0.2) is 17.3 Å². The number of aromatic nitrogens is 2. The van der Waals surface area contributed by atoms with Crippen molar-refractivity contribution >= 4 is 24.1 Å². The first-order valence-electron chi connectivity index (χ1n) is 16.0. The summed E-state index contributed by atoms with van der Waals surface area (Å²) in [5, 5.41) is 2.41. The number of ether oxygens (including phenoxy) is 4. The Morgan fingerprint density at radius 2 is 1.62 bits per heavy atom. The topological polar surface area (TPSA) is 138 Å². The van der Waals surface area contributed by atoms with Crippen LogP contribution in [0.2, 0.25) is 0 Å². The molecule has 276 valence electrons. The van der Waals surface area contributed by atoms with Crippen LogP contribution in [0.3, 0.4) is 0 Å². The van der Waals surface area contributed by atoms with Crippen LogP contribution < -0.4 is 5.32 Å². The maximum atomic E-state index is 14.5. The molecule has 1 aromatic carbocycles. The SMILES string of the molecule is CC(OC(=O)OC1CCCCC1)OC(=O)c1nc(C(F)(F)F)n2c1CN(C(=O)C[C@@H](Cc1cc(F)c(F)cc1F)NC(=O)OC(C)(C)C)CC2. The molecule has 0 radical (unpaired) electrons. The fourth-order valence-corrected chi connectivity index (χ4v) is 5.65. The van der Waals surface area contributed by atoms with Crippen molar-refractivity contribution in [2.45, 2.75) is 116 Å². The van der Waals surface area contributed by atoms with Gasteiger partial charge < -0.3 is 33.7 Å². The van der Waals surface area contributed by atoms with Gasteiger partial charge in [0.25, 0.3) is 0 Å². The van der Waals surface area contributed by atoms with E-state index in [1.54, 1.807) is 20.8 Å². The van der Waals surface area contributed by atoms with E-state index in [9.17, 15) is 45.5 Å². The number of nitrogens with zero attached hydrogens (tertiary/aromatic N) is 3. The molecule has 12 nitrogen and oxygen atoms in total. The fourth-order valence-electron chi connectivity index (χ4n) is 5.65. The number of alkyl carbamates (subject to hydrolysis) is 1. The molecule has 1 aromatic heterocycles. The zero-order valence-corrected chi connectivity index (χ0v) is 27.8. The molecule has 1 unspecified atom stereocenters. The van der Waals surface area contributed by atoms with E-state index in [4.69, 9.17) is 18.9 Å². The molecule has 2 amide bonds. The second kappa shape index (κ2) is 15.6. The van der Waals surface area contributed by atoms with Crippen molar-refractivity contribution in [1.29, 1.82) is 0 Å². The number of nitrogens with one attached hydrogen (secondary N) is 1. The number of rotatable bonds is 9. The molecule has 18 heteroatoms. The third-order valence-electron chi connectivity index (χ3n) is 7.85. The van der Waals surface area contributed by atoms with Crippen molar-refractivity contribution < 1.29 is 64.5 Å². The van der Waals surface area contributed by atoms with Gasteiger partial charge >= 0.3 is 24.4 Å². The van der Waals surface area contributed by atoms with E-state index < -0.39 is 103 Å². The first-order chi connectivity index (χ1) is 23.3. The average molecular weight is 721 g/mol. The van der Waals surface area contributed by atoms with Gasteiger partial charge in [0, 0.05) is 38.5 Å². The van der Waals surface area contributed by atoms with Gasteiger partial charge in [0.1, 0.15) is 17.5 Å². The molecule has 0 bridgehead atoms. The summed E-state index contributed by atoms with van der Waals surface area (Å²) in [7, 11) is 0. The number of alkyl halides is 3. The highest BCUT2D eigenvalue weighted by Gasteiger charge is 2.42. The zero-order valence-electron chi connectivity index (χ0n) is 27.8. The minimum Gasteiger partial charge on any atom is -0.444 e. The standard InChI is InChI=1S/C32H38F6N4O8/c1-17(48-30(46)49-20-8-6-5-7-9-20)47-27(44)26-24-16-41(10-11-42(24)28(40-26)32(36,37)38)25(43)14-19(39-29(45)50-31(2,3)4)12-18-13-22(34)23(35)15-21(18)33/h13,15,17,19-20H,5-12,14,16H2,1-4H3,(H,39,45)/t17?,19-/m1/s1. The minimum atomic E-state index is -5.00. The Morgan fingerprint density at radius 3 is 2.26 bits per heavy atom. The van der Waals surface area contributed by atoms with Crippen LogP contribution in [-0.2, 0) is 49.4 Å². The number of halogens is 6. The molecule has 1 N–H and O–H groups in total. The smallest absolute Gasteiger partial charge is 0.444 e. The number of hydrogen-bond donors (Lipinski definition) is 1. The second-order valence-corrected chi connectivity index (χ2v) is 13.0. The van der Waals surface area contributed by atoms with Crippen molar-refractivity contribution in [2.24, 2.45) is 0 Å². The molecular formula is C32H38F6N4O8. The maximum Gasteiger partial charge on any atom is 0.511 e. The number of benzene rings is 1. The minimum absolute atomic E-state index is 0.287. The number of fused-ring (bicyclic) bond motifs is 1. The van der Waals surface area contributed by atoms with Gasteiger partial charge in [-0.05, 0) is 64.5 Å². The molecule has 2 atom stereocenters. The van der Waals surface area contributed by atoms with Crippen molar-refractivity contribution in [3.8, 4) is 0 Å². The first kappa shape index (κ1) is 38.3. The number of esters is 1. The molecule has 1 aliphatic carbocycles. The van der Waals surface area contributed by atoms with Crippen LogP contribution in [0.4, 0.5) is 35.9 Å². The summed E-state index contributed by atoms with van der Waals surface area (Å²) < 4.78 is 105. The van der Waals surface area contributed by atoms with E-state index in [0.717, 1.165) is 35.7 Å². The maximum absolute atomic E-state index is 14.5. The number of carbonyl (C=O) groups excluding carboxylic acids is 4. The number of imidazole rings is 1. The predicted molar refractivity (Wildman–Crippen MR) is 160 cm³/mol. The molecule has 4 rings (SSSR count). The lowest BCUT2D eigenvalue weighted by Crippen LogP contribution is -2.45. The fraction of sp³-hybridized carbons (Fsp3) is 0.594. The van der Waals surface area contributed by atoms with E-state index in [0.29, 0.717) is 25.0 Å². The van der Waals surface area contributed by atoms with Gasteiger partial charge in [-0.15, -0.1) is 0 Å². The normalized spacial score (nSPS) is 16.6. The zero-order chi connectivity index (χ0) is 37.0. The lowest BCUT2D eigenvalue weighted by molar-refractivity contribution is -0.148. The molecule has 50 heavy (non-hydrogen) atoms. The summed E-state index contributed by atoms with van der Waals surface area (Å²) in [5.41, 5.74) is -2.45. The van der Waals surface area contributed by atoms with E-state index in [-0.39, 0.29) is 23.9 Å². The Hall–Kier alpha value is -4.51. The van der Waals surface area contributed by atoms with Gasteiger partial charge in [-0.2, -0.15) is 13.2 Å². The van der Waals surface area contributed by atoms with E-state index in [1.165, 1.54) is 0 Å². The van der Waals surface area contributed by atoms with Gasteiger partial charge in [-0.3, -0.25) is 4.79 Å². The molecular weight excluding hydrogens is 682 g/mol. The second-order valence-electron chi connectivity index (χ2n) is 13.0. The molecule has 0 saturated heterocycles. The number of amides is 2. The highest BCUT2D eigenvalue weighted by molar-refractivity contribution is 5.89. The quantitative estimate of drug-likeness (QED) is 0.106. The largest absolute Gasteiger partial charge is 0.511 e. The molecule has 0 spiro atoms. The van der Waals surface area contributed by atoms with Crippen LogP contribution in [0, 0.1) is 17.5 Å². The Morgan fingerprint density at radius 1 is 0.960 bits per heavy atom. The lowest BCUT2D eigenvalue weighted by Gasteiger charge is -2.31. The highest BCUT2D eigenvalue weighted by atomic mass is 19.4. The predicted octanol–water partition coefficient (Wildman–Crippen LogP) is 6.18. The molecule has 2 heterocycles. The van der Waals surface area contributed by atoms with Crippen LogP contribution in [0.5, 0.6) is 0 Å². The van der Waals surface area contributed by atoms with Crippen molar-refractivity contribution in [2.75, 3.05) is 6.54 Å². The number of carbonyl (C=O) groups is 4. The van der Waals surface area contributed by atoms with Crippen LogP contribution in [0.1, 0.15) is 93.8 Å². The molecule has 1 saturated carbocycles. The Bertz CT molecular complexity index is 1590. The average Bonchev–Trinajstić information content (AvgIpc) is 3.39. The van der Waals surface area contributed by atoms with Gasteiger partial charge in [0.05, 0.1) is 12.2 Å². The van der Waals surface area contributed by atoms with Gasteiger partial charge in [0.2, 0.25) is 18.0 Å². The summed E-state index contributed by atoms with van der Waals surface area (Å²) in [4.78, 5) is 55.8. The number of hydrogen-bond acceptors (Lipinski definition) is 9. The first-order valence-corrected chi connectivity index (χ1v) is 16.0. The Kier molecular flexibility index (Phi) is 11.9. The summed E-state index contributed by atoms with van der Waals surface area (Å²) >= 11 is 0. The summed E-state index contributed by atoms with van der Waals surface area (Å²) in [6.45, 7) is 4.55. The lowest BCUT2D eigenvalue weighted by atomic mass is 9.98. The van der Waals surface area contributed by atoms with Crippen molar-refractivity contribution in [3.63, 3.8) is 0 Å². The van der Waals surface area contributed by atoms with Crippen molar-refractivity contribution in [1.82, 2.24) is 19.8 Å². The van der Waals surface area contributed by atoms with Crippen LogP contribution in [-0.4, -0.2) is 69.2 Å². The summed E-state index contributed by atoms with van der Waals surface area (Å²) in [5.74, 6) is -7.50. The molecule has 2 aliphatic rings. The third-order valence-corrected chi connectivity index (χ3v) is 7.85. The van der Waals surface area contributed by atoms with Gasteiger partial charge in [-0.25, -0.2) is 32.5 Å². The van der Waals surface area contributed by atoms with Gasteiger partial charge in [-0.1, -0.05) is 6.42 Å². The van der Waals surface area contributed by atoms with E-state index in [2.05, 4.69) is 10.3 Å². The van der Waals surface area contributed by atoms with Crippen LogP contribution >= 0.6 is 0 Å². The molecule has 2 aromatic rings. The Labute approximate surface area is 283 Å². The monoisotopic (exact) mass is 720 g/mol. The third kappa shape index (κ3) is 10.3. The summed E-state index contributed by atoms with van der Waals surface area (Å²) in [6, 6.07) is -0.354.